The second kappa shape index (κ2) is 6.52. The van der Waals surface area contributed by atoms with Crippen molar-refractivity contribution in [3.63, 3.8) is 0 Å². The van der Waals surface area contributed by atoms with Crippen molar-refractivity contribution in [2.75, 3.05) is 0 Å². The van der Waals surface area contributed by atoms with E-state index in [2.05, 4.69) is 19.7 Å². The molecule has 0 N–H and O–H groups in total. The van der Waals surface area contributed by atoms with Gasteiger partial charge in [0.1, 0.15) is 0 Å². The van der Waals surface area contributed by atoms with E-state index < -0.39 is 0 Å². The fourth-order valence-corrected chi connectivity index (χ4v) is 0.785. The van der Waals surface area contributed by atoms with Crippen LogP contribution in [0.5, 0.6) is 5.75 Å². The van der Waals surface area contributed by atoms with Crippen molar-refractivity contribution in [2.24, 2.45) is 0 Å². The Morgan fingerprint density at radius 2 is 1.93 bits per heavy atom. The van der Waals surface area contributed by atoms with Gasteiger partial charge >= 0.3 is 30.0 Å². The van der Waals surface area contributed by atoms with Crippen LogP contribution in [0, 0.1) is 11.9 Å². The van der Waals surface area contributed by atoms with E-state index in [0.717, 1.165) is 0 Å². The van der Waals surface area contributed by atoms with Gasteiger partial charge in [-0.15, -0.1) is 24.3 Å². The Labute approximate surface area is 101 Å². The van der Waals surface area contributed by atoms with Crippen LogP contribution in [-0.2, 0) is 16.3 Å². The zero-order valence-electron chi connectivity index (χ0n) is 8.60. The number of benzene rings is 1. The number of hydrogen-bond acceptors (Lipinski definition) is 1. The van der Waals surface area contributed by atoms with E-state index in [1.54, 1.807) is 6.07 Å². The molecule has 14 heavy (non-hydrogen) atoms. The molecular weight excluding hydrogens is 300 g/mol. The first-order chi connectivity index (χ1) is 6.47. The summed E-state index contributed by atoms with van der Waals surface area (Å²) in [4.78, 5) is 0. The summed E-state index contributed by atoms with van der Waals surface area (Å²) in [5, 5.41) is 0. The van der Waals surface area contributed by atoms with Crippen LogP contribution in [0.3, 0.4) is 0 Å². The Morgan fingerprint density at radius 3 is 2.29 bits per heavy atom. The van der Waals surface area contributed by atoms with Gasteiger partial charge in [-0.3, -0.25) is 4.39 Å². The van der Waals surface area contributed by atoms with Gasteiger partial charge in [-0.25, -0.2) is 0 Å². The summed E-state index contributed by atoms with van der Waals surface area (Å²) in [5.41, 5.74) is -0.256. The molecule has 1 aromatic rings. The molecule has 1 aromatic carbocycles. The molecule has 0 aliphatic heterocycles. The molecule has 0 amide bonds. The average Bonchev–Trinajstić information content (AvgIpc) is 2.10. The summed E-state index contributed by atoms with van der Waals surface area (Å²) < 4.78 is 17.9. The number of halogens is 2. The standard InChI is InChI=1S/C10H12FO.BrH.Zn/c1-10(2,3)12-9-6-4-8(11)5-7-9;;/h4-6H,1-3H3;1H;/q-1;;+2/p-1. The van der Waals surface area contributed by atoms with Crippen molar-refractivity contribution in [1.29, 1.82) is 0 Å². The van der Waals surface area contributed by atoms with E-state index in [1.807, 2.05) is 20.8 Å². The summed E-state index contributed by atoms with van der Waals surface area (Å²) >= 11 is 4.25. The summed E-state index contributed by atoms with van der Waals surface area (Å²) in [6, 6.07) is 6.89. The van der Waals surface area contributed by atoms with Gasteiger partial charge < -0.3 is 4.74 Å². The van der Waals surface area contributed by atoms with E-state index in [1.165, 1.54) is 28.5 Å². The Balaban J connectivity index is 0.000000791. The zero-order chi connectivity index (χ0) is 11.2. The van der Waals surface area contributed by atoms with E-state index in [4.69, 9.17) is 4.74 Å². The van der Waals surface area contributed by atoms with Gasteiger partial charge in [0.05, 0.1) is 5.60 Å². The molecule has 4 heteroatoms. The monoisotopic (exact) mass is 310 g/mol. The molecule has 0 spiro atoms. The molecule has 0 saturated heterocycles. The predicted octanol–water partition coefficient (Wildman–Crippen LogP) is 3.65. The SMILES string of the molecule is CC(C)(C)Oc1[c-]cc(F)cc1.[Zn+][Br]. The third-order valence-electron chi connectivity index (χ3n) is 1.16. The van der Waals surface area contributed by atoms with Gasteiger partial charge in [-0.2, -0.15) is 0 Å². The zero-order valence-corrected chi connectivity index (χ0v) is 13.2. The van der Waals surface area contributed by atoms with Gasteiger partial charge in [-0.05, 0) is 20.8 Å². The number of rotatable bonds is 1. The minimum absolute atomic E-state index is 0.256. The fraction of sp³-hybridized carbons (Fsp3) is 0.400. The van der Waals surface area contributed by atoms with E-state index >= 15 is 0 Å². The van der Waals surface area contributed by atoms with Crippen LogP contribution in [0.25, 0.3) is 0 Å². The molecular formula is C10H12BrFOZn. The van der Waals surface area contributed by atoms with Crippen LogP contribution in [0.1, 0.15) is 20.8 Å². The first kappa shape index (κ1) is 14.1. The van der Waals surface area contributed by atoms with Crippen molar-refractivity contribution in [1.82, 2.24) is 0 Å². The van der Waals surface area contributed by atoms with Gasteiger partial charge in [0.25, 0.3) is 0 Å². The molecule has 0 aromatic heterocycles. The third kappa shape index (κ3) is 6.50. The van der Waals surface area contributed by atoms with Crippen molar-refractivity contribution >= 4 is 13.6 Å². The molecule has 0 unspecified atom stereocenters. The molecule has 1 rings (SSSR count). The molecule has 0 aliphatic carbocycles. The van der Waals surface area contributed by atoms with Crippen molar-refractivity contribution in [3.8, 4) is 5.75 Å². The summed E-state index contributed by atoms with van der Waals surface area (Å²) in [7, 11) is 0. The Hall–Kier alpha value is 0.0534. The molecule has 0 fully saturated rings. The van der Waals surface area contributed by atoms with Gasteiger partial charge in [0.2, 0.25) is 0 Å². The quantitative estimate of drug-likeness (QED) is 0.568. The Kier molecular flexibility index (Phi) is 6.55. The third-order valence-corrected chi connectivity index (χ3v) is 1.16. The van der Waals surface area contributed by atoms with E-state index in [9.17, 15) is 4.39 Å². The van der Waals surface area contributed by atoms with Crippen molar-refractivity contribution in [2.45, 2.75) is 26.4 Å². The summed E-state index contributed by atoms with van der Waals surface area (Å²) in [6.07, 6.45) is 0. The topological polar surface area (TPSA) is 9.23 Å². The minimum atomic E-state index is -0.295. The maximum absolute atomic E-state index is 12.4. The molecule has 0 atom stereocenters. The Bertz CT molecular complexity index is 256. The first-order valence-electron chi connectivity index (χ1n) is 4.10. The summed E-state index contributed by atoms with van der Waals surface area (Å²) in [5.74, 6) is 0.278. The van der Waals surface area contributed by atoms with Gasteiger partial charge in [0, 0.05) is 11.6 Å². The van der Waals surface area contributed by atoms with Crippen LogP contribution in [-0.4, -0.2) is 5.60 Å². The van der Waals surface area contributed by atoms with Crippen LogP contribution >= 0.6 is 13.6 Å². The molecule has 1 nitrogen and oxygen atoms in total. The molecule has 74 valence electrons. The van der Waals surface area contributed by atoms with Crippen molar-refractivity contribution in [3.05, 3.63) is 30.1 Å². The normalized spacial score (nSPS) is 10.2. The van der Waals surface area contributed by atoms with Crippen LogP contribution in [0.15, 0.2) is 18.2 Å². The summed E-state index contributed by atoms with van der Waals surface area (Å²) in [6.45, 7) is 5.80. The Morgan fingerprint density at radius 1 is 1.36 bits per heavy atom. The first-order valence-corrected chi connectivity index (χ1v) is 11.1. The van der Waals surface area contributed by atoms with E-state index in [0.29, 0.717) is 5.75 Å². The molecule has 0 radical (unpaired) electrons. The van der Waals surface area contributed by atoms with Crippen molar-refractivity contribution < 1.29 is 25.5 Å². The molecule has 0 aliphatic rings. The maximum atomic E-state index is 12.4. The van der Waals surface area contributed by atoms with E-state index in [-0.39, 0.29) is 11.4 Å². The van der Waals surface area contributed by atoms with Crippen LogP contribution in [0.2, 0.25) is 0 Å². The molecule has 0 saturated carbocycles. The van der Waals surface area contributed by atoms with Gasteiger partial charge in [-0.1, -0.05) is 0 Å². The van der Waals surface area contributed by atoms with Gasteiger partial charge in [0.15, 0.2) is 0 Å². The average molecular weight is 312 g/mol. The number of hydrogen-bond donors (Lipinski definition) is 0. The second-order valence-electron chi connectivity index (χ2n) is 3.59. The molecule has 0 heterocycles. The second-order valence-corrected chi connectivity index (χ2v) is 3.59. The fourth-order valence-electron chi connectivity index (χ4n) is 0.785. The van der Waals surface area contributed by atoms with Crippen LogP contribution in [0.4, 0.5) is 4.39 Å². The molecule has 0 bridgehead atoms. The predicted molar refractivity (Wildman–Crippen MR) is 54.5 cm³/mol. The van der Waals surface area contributed by atoms with Crippen LogP contribution < -0.4 is 4.74 Å². The number of ether oxygens (including phenoxy) is 1.